The average Bonchev–Trinajstić information content (AvgIpc) is 2.79. The van der Waals surface area contributed by atoms with Crippen LogP contribution in [0.2, 0.25) is 0 Å². The first-order chi connectivity index (χ1) is 17.5. The molecule has 6 nitrogen and oxygen atoms in total. The van der Waals surface area contributed by atoms with Crippen LogP contribution < -0.4 is 5.32 Å². The number of sulfone groups is 1. The van der Waals surface area contributed by atoms with Gasteiger partial charge in [0.25, 0.3) is 5.91 Å². The highest BCUT2D eigenvalue weighted by Crippen LogP contribution is 2.34. The van der Waals surface area contributed by atoms with Crippen LogP contribution >= 0.6 is 0 Å². The number of amides is 1. The molecule has 0 radical (unpaired) electrons. The Bertz CT molecular complexity index is 1050. The topological polar surface area (TPSA) is 107 Å². The van der Waals surface area contributed by atoms with Gasteiger partial charge in [0.05, 0.1) is 28.7 Å². The van der Waals surface area contributed by atoms with Crippen molar-refractivity contribution in [3.63, 3.8) is 0 Å². The van der Waals surface area contributed by atoms with Crippen LogP contribution in [0.25, 0.3) is 0 Å². The van der Waals surface area contributed by atoms with Gasteiger partial charge < -0.3 is 10.4 Å². The van der Waals surface area contributed by atoms with Crippen molar-refractivity contribution in [2.45, 2.75) is 95.5 Å². The molecule has 0 fully saturated rings. The molecule has 0 saturated heterocycles. The number of rotatable bonds is 16. The maximum atomic E-state index is 13.1. The number of nitriles is 1. The van der Waals surface area contributed by atoms with Gasteiger partial charge in [-0.15, -0.1) is 0 Å². The fraction of sp³-hybridized carbons (Fsp3) is 0.680. The van der Waals surface area contributed by atoms with E-state index in [1.54, 1.807) is 0 Å². The lowest BCUT2D eigenvalue weighted by molar-refractivity contribution is -0.138. The number of unbranched alkanes of at least 4 members (excludes halogenated alkanes) is 7. The van der Waals surface area contributed by atoms with Crippen molar-refractivity contribution in [2.75, 3.05) is 16.8 Å². The van der Waals surface area contributed by atoms with Crippen LogP contribution in [-0.4, -0.2) is 42.7 Å². The van der Waals surface area contributed by atoms with E-state index in [1.807, 2.05) is 0 Å². The molecule has 0 unspecified atom stereocenters. The highest BCUT2D eigenvalue weighted by atomic mass is 32.2. The number of hydrogen-bond acceptors (Lipinski definition) is 5. The smallest absolute Gasteiger partial charge is 0.380 e. The maximum absolute atomic E-state index is 13.1. The van der Waals surface area contributed by atoms with Crippen LogP contribution in [0.4, 0.5) is 32.0 Å². The van der Waals surface area contributed by atoms with E-state index < -0.39 is 51.2 Å². The standard InChI is InChI=1S/C25H34F6N2O4S/c1-23(35,22(34)33-20-12-11-19(18-32)21(17-20)25(29,30)31)13-7-5-3-2-4-6-9-15-38(36,37)16-10-8-14-24(26,27)28/h11-12,17,35H,2-10,13-16H2,1H3,(H,33,34)/t23-/m0/s1. The molecule has 216 valence electrons. The number of nitrogens with one attached hydrogen (secondary N) is 1. The van der Waals surface area contributed by atoms with Crippen LogP contribution in [0.5, 0.6) is 0 Å². The van der Waals surface area contributed by atoms with Crippen molar-refractivity contribution in [1.82, 2.24) is 0 Å². The second-order valence-electron chi connectivity index (χ2n) is 9.55. The van der Waals surface area contributed by atoms with E-state index >= 15 is 0 Å². The molecule has 1 amide bonds. The summed E-state index contributed by atoms with van der Waals surface area (Å²) in [6.45, 7) is 1.26. The monoisotopic (exact) mass is 572 g/mol. The van der Waals surface area contributed by atoms with E-state index in [-0.39, 0.29) is 36.5 Å². The molecule has 1 aromatic rings. The van der Waals surface area contributed by atoms with Crippen molar-refractivity contribution < 1.29 is 44.7 Å². The van der Waals surface area contributed by atoms with Gasteiger partial charge in [0.1, 0.15) is 15.4 Å². The Kier molecular flexibility index (Phi) is 13.1. The lowest BCUT2D eigenvalue weighted by atomic mass is 9.96. The summed E-state index contributed by atoms with van der Waals surface area (Å²) in [4.78, 5) is 12.4. The molecule has 38 heavy (non-hydrogen) atoms. The Labute approximate surface area is 219 Å². The molecule has 0 aliphatic carbocycles. The van der Waals surface area contributed by atoms with Crippen LogP contribution in [-0.2, 0) is 20.8 Å². The quantitative estimate of drug-likeness (QED) is 0.173. The van der Waals surface area contributed by atoms with Crippen molar-refractivity contribution in [3.05, 3.63) is 29.3 Å². The molecule has 0 saturated carbocycles. The number of hydrogen-bond donors (Lipinski definition) is 2. The summed E-state index contributed by atoms with van der Waals surface area (Å²) in [5.74, 6) is -1.17. The lowest BCUT2D eigenvalue weighted by Gasteiger charge is -2.22. The molecule has 1 atom stereocenters. The molecule has 13 heteroatoms. The van der Waals surface area contributed by atoms with E-state index in [9.17, 15) is 44.7 Å². The number of nitrogens with zero attached hydrogens (tertiary/aromatic N) is 1. The molecule has 1 aromatic carbocycles. The Hall–Kier alpha value is -2.33. The zero-order chi connectivity index (χ0) is 29.0. The molecule has 1 rings (SSSR count). The summed E-state index contributed by atoms with van der Waals surface area (Å²) in [6, 6.07) is 4.19. The van der Waals surface area contributed by atoms with Gasteiger partial charge in [-0.2, -0.15) is 31.6 Å². The van der Waals surface area contributed by atoms with E-state index in [0.29, 0.717) is 31.7 Å². The molecule has 2 N–H and O–H groups in total. The van der Waals surface area contributed by atoms with E-state index in [1.165, 1.54) is 13.0 Å². The summed E-state index contributed by atoms with van der Waals surface area (Å²) in [7, 11) is -3.36. The predicted octanol–water partition coefficient (Wildman–Crippen LogP) is 6.53. The number of alkyl halides is 6. The highest BCUT2D eigenvalue weighted by Gasteiger charge is 2.35. The van der Waals surface area contributed by atoms with Gasteiger partial charge in [0, 0.05) is 12.1 Å². The Balaban J connectivity index is 2.28. The zero-order valence-corrected chi connectivity index (χ0v) is 22.0. The fourth-order valence-electron chi connectivity index (χ4n) is 3.76. The fourth-order valence-corrected chi connectivity index (χ4v) is 5.25. The van der Waals surface area contributed by atoms with E-state index in [4.69, 9.17) is 5.26 Å². The lowest BCUT2D eigenvalue weighted by Crippen LogP contribution is -2.40. The van der Waals surface area contributed by atoms with Gasteiger partial charge in [-0.1, -0.05) is 38.5 Å². The van der Waals surface area contributed by atoms with Crippen LogP contribution in [0.1, 0.15) is 88.7 Å². The second kappa shape index (κ2) is 14.7. The largest absolute Gasteiger partial charge is 0.417 e. The van der Waals surface area contributed by atoms with Crippen LogP contribution in [0.3, 0.4) is 0 Å². The molecular weight excluding hydrogens is 538 g/mol. The van der Waals surface area contributed by atoms with Gasteiger partial charge >= 0.3 is 12.4 Å². The molecule has 0 aliphatic heterocycles. The number of benzene rings is 1. The minimum atomic E-state index is -4.78. The number of carbonyl (C=O) groups excluding carboxylic acids is 1. The SMILES string of the molecule is C[C@](O)(CCCCCCCCCS(=O)(=O)CCCCC(F)(F)F)C(=O)Nc1ccc(C#N)c(C(F)(F)F)c1. The number of halogens is 6. The minimum absolute atomic E-state index is 0.00822. The molecular formula is C25H34F6N2O4S. The van der Waals surface area contributed by atoms with E-state index in [2.05, 4.69) is 5.32 Å². The first-order valence-corrected chi connectivity index (χ1v) is 14.2. The Morgan fingerprint density at radius 3 is 1.92 bits per heavy atom. The van der Waals surface area contributed by atoms with Gasteiger partial charge in [0.15, 0.2) is 0 Å². The average molecular weight is 573 g/mol. The molecule has 0 bridgehead atoms. The molecule has 0 aliphatic rings. The third-order valence-electron chi connectivity index (χ3n) is 5.98. The summed E-state index contributed by atoms with van der Waals surface area (Å²) in [5.41, 5.74) is -3.77. The summed E-state index contributed by atoms with van der Waals surface area (Å²) in [6.07, 6.45) is -5.59. The number of carbonyl (C=O) groups is 1. The number of anilines is 1. The third kappa shape index (κ3) is 13.5. The zero-order valence-electron chi connectivity index (χ0n) is 21.2. The second-order valence-corrected chi connectivity index (χ2v) is 11.9. The van der Waals surface area contributed by atoms with Crippen molar-refractivity contribution in [3.8, 4) is 6.07 Å². The summed E-state index contributed by atoms with van der Waals surface area (Å²) >= 11 is 0. The third-order valence-corrected chi connectivity index (χ3v) is 7.80. The van der Waals surface area contributed by atoms with Gasteiger partial charge in [-0.3, -0.25) is 4.79 Å². The Morgan fingerprint density at radius 1 is 0.895 bits per heavy atom. The highest BCUT2D eigenvalue weighted by molar-refractivity contribution is 7.91. The van der Waals surface area contributed by atoms with E-state index in [0.717, 1.165) is 31.4 Å². The van der Waals surface area contributed by atoms with Crippen molar-refractivity contribution in [2.24, 2.45) is 0 Å². The molecule has 0 spiro atoms. The van der Waals surface area contributed by atoms with Crippen molar-refractivity contribution >= 4 is 21.4 Å². The predicted molar refractivity (Wildman–Crippen MR) is 131 cm³/mol. The Morgan fingerprint density at radius 2 is 1.39 bits per heavy atom. The van der Waals surface area contributed by atoms with Gasteiger partial charge in [-0.05, 0) is 50.8 Å². The normalized spacial score (nSPS) is 14.1. The first kappa shape index (κ1) is 33.7. The minimum Gasteiger partial charge on any atom is -0.380 e. The van der Waals surface area contributed by atoms with Gasteiger partial charge in [-0.25, -0.2) is 8.42 Å². The maximum Gasteiger partial charge on any atom is 0.417 e. The van der Waals surface area contributed by atoms with Crippen LogP contribution in [0.15, 0.2) is 18.2 Å². The number of aliphatic hydroxyl groups is 1. The van der Waals surface area contributed by atoms with Crippen molar-refractivity contribution in [1.29, 1.82) is 5.26 Å². The first-order valence-electron chi connectivity index (χ1n) is 12.4. The van der Waals surface area contributed by atoms with Crippen LogP contribution in [0, 0.1) is 11.3 Å². The summed E-state index contributed by atoms with van der Waals surface area (Å²) in [5, 5.41) is 21.5. The van der Waals surface area contributed by atoms with Gasteiger partial charge in [0.2, 0.25) is 0 Å². The summed E-state index contributed by atoms with van der Waals surface area (Å²) < 4.78 is 99.3. The molecule has 0 aromatic heterocycles. The molecule has 0 heterocycles.